The van der Waals surface area contributed by atoms with Crippen LogP contribution in [0, 0.1) is 0 Å². The van der Waals surface area contributed by atoms with Gasteiger partial charge in [0.25, 0.3) is 0 Å². The zero-order valence-electron chi connectivity index (χ0n) is 15.0. The van der Waals surface area contributed by atoms with Gasteiger partial charge in [0.15, 0.2) is 0 Å². The van der Waals surface area contributed by atoms with Crippen molar-refractivity contribution in [1.29, 1.82) is 0 Å². The van der Waals surface area contributed by atoms with Crippen LogP contribution in [-0.4, -0.2) is 128 Å². The summed E-state index contributed by atoms with van der Waals surface area (Å²) >= 11 is 0. The number of aliphatic carboxylic acids is 5. The van der Waals surface area contributed by atoms with Crippen molar-refractivity contribution < 1.29 is 49.5 Å². The lowest BCUT2D eigenvalue weighted by Crippen LogP contribution is -2.63. The number of carboxylic acids is 5. The number of hydrogen-bond acceptors (Lipinski definition) is 8. The van der Waals surface area contributed by atoms with Crippen LogP contribution in [0.5, 0.6) is 0 Å². The minimum Gasteiger partial charge on any atom is -0.481 e. The molecule has 1 aliphatic heterocycles. The molecule has 0 spiro atoms. The Morgan fingerprint density at radius 2 is 1.07 bits per heavy atom. The topological polar surface area (TPSA) is 196 Å². The molecule has 0 atom stereocenters. The van der Waals surface area contributed by atoms with Crippen LogP contribution in [-0.2, 0) is 24.0 Å². The van der Waals surface area contributed by atoms with Crippen LogP contribution in [0.4, 0.5) is 0 Å². The van der Waals surface area contributed by atoms with E-state index in [9.17, 15) is 39.3 Å². The van der Waals surface area contributed by atoms with E-state index in [4.69, 9.17) is 10.2 Å². The van der Waals surface area contributed by atoms with E-state index in [1.807, 2.05) is 0 Å². The van der Waals surface area contributed by atoms with Crippen molar-refractivity contribution in [2.24, 2.45) is 0 Å². The summed E-state index contributed by atoms with van der Waals surface area (Å²) in [4.78, 5) is 60.0. The molecule has 0 aromatic carbocycles. The van der Waals surface area contributed by atoms with E-state index < -0.39 is 68.0 Å². The van der Waals surface area contributed by atoms with Gasteiger partial charge in [-0.15, -0.1) is 0 Å². The Balaban J connectivity index is 3.41. The van der Waals surface area contributed by atoms with Crippen molar-refractivity contribution in [2.75, 3.05) is 52.4 Å². The number of carbonyl (C=O) groups is 5. The molecule has 13 nitrogen and oxygen atoms in total. The van der Waals surface area contributed by atoms with Crippen molar-refractivity contribution in [3.63, 3.8) is 0 Å². The molecule has 0 aliphatic carbocycles. The van der Waals surface area contributed by atoms with E-state index in [-0.39, 0.29) is 26.2 Å². The molecule has 0 bridgehead atoms. The number of rotatable bonds is 11. The van der Waals surface area contributed by atoms with E-state index in [1.54, 1.807) is 0 Å². The van der Waals surface area contributed by atoms with Crippen molar-refractivity contribution in [3.05, 3.63) is 0 Å². The van der Waals surface area contributed by atoms with Gasteiger partial charge >= 0.3 is 29.8 Å². The molecule has 13 heteroatoms. The highest BCUT2D eigenvalue weighted by Crippen LogP contribution is 2.26. The summed E-state index contributed by atoms with van der Waals surface area (Å²) in [6, 6.07) is 0. The Kier molecular flexibility index (Phi) is 8.28. The first kappa shape index (κ1) is 23.3. The highest BCUT2D eigenvalue weighted by Gasteiger charge is 2.45. The predicted molar refractivity (Wildman–Crippen MR) is 90.0 cm³/mol. The van der Waals surface area contributed by atoms with Crippen LogP contribution < -0.4 is 0 Å². The Bertz CT molecular complexity index is 596. The molecule has 5 N–H and O–H groups in total. The lowest BCUT2D eigenvalue weighted by Gasteiger charge is -2.44. The normalized spacial score (nSPS) is 17.8. The van der Waals surface area contributed by atoms with Crippen LogP contribution >= 0.6 is 0 Å². The van der Waals surface area contributed by atoms with Crippen LogP contribution in [0.15, 0.2) is 0 Å². The number of hydrogen-bond donors (Lipinski definition) is 5. The van der Waals surface area contributed by atoms with E-state index >= 15 is 0 Å². The summed E-state index contributed by atoms with van der Waals surface area (Å²) in [5.74, 6) is -6.57. The van der Waals surface area contributed by atoms with Gasteiger partial charge in [-0.1, -0.05) is 0 Å². The monoisotopic (exact) mass is 405 g/mol. The summed E-state index contributed by atoms with van der Waals surface area (Å²) in [6.45, 7) is -2.90. The largest absolute Gasteiger partial charge is 0.481 e. The first-order valence-electron chi connectivity index (χ1n) is 8.22. The molecule has 1 aliphatic rings. The van der Waals surface area contributed by atoms with Gasteiger partial charge in [0.2, 0.25) is 0 Å². The second-order valence-corrected chi connectivity index (χ2v) is 6.65. The molecule has 0 aromatic heterocycles. The first-order valence-corrected chi connectivity index (χ1v) is 8.22. The van der Waals surface area contributed by atoms with Crippen molar-refractivity contribution in [2.45, 2.75) is 12.0 Å². The van der Waals surface area contributed by atoms with Gasteiger partial charge in [-0.25, -0.2) is 0 Å². The second kappa shape index (κ2) is 9.96. The van der Waals surface area contributed by atoms with Crippen LogP contribution in [0.2, 0.25) is 0 Å². The van der Waals surface area contributed by atoms with Gasteiger partial charge in [0, 0.05) is 26.2 Å². The number of nitrogens with zero attached hydrogens (tertiary/aromatic N) is 3. The summed E-state index contributed by atoms with van der Waals surface area (Å²) in [6.07, 6.45) is -0.695. The summed E-state index contributed by atoms with van der Waals surface area (Å²) in [7, 11) is 0. The molecule has 1 saturated heterocycles. The molecule has 1 fully saturated rings. The third-order valence-electron chi connectivity index (χ3n) is 4.29. The highest BCUT2D eigenvalue weighted by molar-refractivity contribution is 5.74. The van der Waals surface area contributed by atoms with Gasteiger partial charge in [0.05, 0.1) is 38.1 Å². The fourth-order valence-corrected chi connectivity index (χ4v) is 3.40. The Labute approximate surface area is 159 Å². The minimum atomic E-state index is -1.62. The Morgan fingerprint density at radius 1 is 0.679 bits per heavy atom. The highest BCUT2D eigenvalue weighted by atomic mass is 16.4. The van der Waals surface area contributed by atoms with E-state index in [1.165, 1.54) is 9.80 Å². The number of carboxylic acid groups (broad SMARTS) is 5. The molecule has 0 aromatic rings. The van der Waals surface area contributed by atoms with Crippen molar-refractivity contribution in [1.82, 2.24) is 14.7 Å². The molecular formula is C15H23N3O10. The molecule has 0 unspecified atom stereocenters. The fraction of sp³-hybridized carbons (Fsp3) is 0.667. The molecule has 0 radical (unpaired) electrons. The van der Waals surface area contributed by atoms with Gasteiger partial charge in [0.1, 0.15) is 0 Å². The summed E-state index contributed by atoms with van der Waals surface area (Å²) < 4.78 is 0. The standard InChI is InChI=1S/C15H23N3O10/c19-10(20)3-15(18(6-13(25)26)7-14(27)28)8-16(4-11(21)22)1-2-17(9-15)5-12(23)24/h1-9H2,(H,19,20)(H,21,22)(H,23,24)(H,25,26)(H,27,28). The first-order chi connectivity index (χ1) is 12.9. The molecule has 0 amide bonds. The van der Waals surface area contributed by atoms with Crippen LogP contribution in [0.1, 0.15) is 6.42 Å². The predicted octanol–water partition coefficient (Wildman–Crippen LogP) is -2.54. The maximum atomic E-state index is 11.5. The molecule has 0 saturated carbocycles. The molecule has 28 heavy (non-hydrogen) atoms. The minimum absolute atomic E-state index is 0.0922. The zero-order chi connectivity index (χ0) is 21.5. The molecule has 1 heterocycles. The Hall–Kier alpha value is -2.77. The zero-order valence-corrected chi connectivity index (χ0v) is 15.0. The van der Waals surface area contributed by atoms with Crippen molar-refractivity contribution >= 4 is 29.8 Å². The molecule has 1 rings (SSSR count). The maximum Gasteiger partial charge on any atom is 0.317 e. The third-order valence-corrected chi connectivity index (χ3v) is 4.29. The van der Waals surface area contributed by atoms with E-state index in [2.05, 4.69) is 0 Å². The van der Waals surface area contributed by atoms with Crippen molar-refractivity contribution in [3.8, 4) is 0 Å². The quantitative estimate of drug-likeness (QED) is 0.241. The van der Waals surface area contributed by atoms with Crippen LogP contribution in [0.25, 0.3) is 0 Å². The SMILES string of the molecule is O=C(O)CN1CCN(CC(=O)O)CC(CC(=O)O)(N(CC(=O)O)CC(=O)O)C1. The smallest absolute Gasteiger partial charge is 0.317 e. The van der Waals surface area contributed by atoms with Gasteiger partial charge in [-0.05, 0) is 0 Å². The van der Waals surface area contributed by atoms with Crippen LogP contribution in [0.3, 0.4) is 0 Å². The maximum absolute atomic E-state index is 11.5. The molecule has 158 valence electrons. The lowest BCUT2D eigenvalue weighted by molar-refractivity contribution is -0.152. The van der Waals surface area contributed by atoms with Gasteiger partial charge < -0.3 is 25.5 Å². The van der Waals surface area contributed by atoms with E-state index in [0.717, 1.165) is 4.90 Å². The third kappa shape index (κ3) is 7.46. The average Bonchev–Trinajstić information content (AvgIpc) is 2.64. The fourth-order valence-electron chi connectivity index (χ4n) is 3.40. The molecular weight excluding hydrogens is 382 g/mol. The van der Waals surface area contributed by atoms with Gasteiger partial charge in [-0.2, -0.15) is 0 Å². The second-order valence-electron chi connectivity index (χ2n) is 6.65. The lowest BCUT2D eigenvalue weighted by atomic mass is 9.90. The average molecular weight is 405 g/mol. The van der Waals surface area contributed by atoms with Gasteiger partial charge in [-0.3, -0.25) is 38.7 Å². The van der Waals surface area contributed by atoms with E-state index in [0.29, 0.717) is 0 Å². The summed E-state index contributed by atoms with van der Waals surface area (Å²) in [5, 5.41) is 45.9. The summed E-state index contributed by atoms with van der Waals surface area (Å²) in [5.41, 5.74) is -1.62. The Morgan fingerprint density at radius 3 is 1.36 bits per heavy atom.